The average molecular weight is 406 g/mol. The summed E-state index contributed by atoms with van der Waals surface area (Å²) in [6.07, 6.45) is 0. The van der Waals surface area contributed by atoms with Gasteiger partial charge in [-0.15, -0.1) is 11.3 Å². The highest BCUT2D eigenvalue weighted by atomic mass is 32.1. The van der Waals surface area contributed by atoms with Gasteiger partial charge in [-0.25, -0.2) is 4.79 Å². The molecule has 2 rings (SSSR count). The molecule has 0 aliphatic carbocycles. The van der Waals surface area contributed by atoms with E-state index in [9.17, 15) is 14.4 Å². The minimum Gasteiger partial charge on any atom is -0.496 e. The summed E-state index contributed by atoms with van der Waals surface area (Å²) < 4.78 is 15.3. The molecule has 0 saturated carbocycles. The number of ether oxygens (including phenoxy) is 3. The highest BCUT2D eigenvalue weighted by Gasteiger charge is 2.28. The SMILES string of the molecule is COC(=O)c1c(NC(=O)c2c(OC)cccc2OC)sc(C(=O)N(C)C)c1C. The smallest absolute Gasteiger partial charge is 0.341 e. The Kier molecular flexibility index (Phi) is 6.63. The number of hydrogen-bond donors (Lipinski definition) is 1. The predicted molar refractivity (Wildman–Crippen MR) is 106 cm³/mol. The number of esters is 1. The maximum atomic E-state index is 12.9. The third kappa shape index (κ3) is 3.94. The van der Waals surface area contributed by atoms with Crippen molar-refractivity contribution in [3.05, 3.63) is 39.8 Å². The second kappa shape index (κ2) is 8.75. The first-order chi connectivity index (χ1) is 13.3. The molecule has 0 atom stereocenters. The minimum atomic E-state index is -0.645. The van der Waals surface area contributed by atoms with Crippen molar-refractivity contribution in [1.82, 2.24) is 4.90 Å². The van der Waals surface area contributed by atoms with Gasteiger partial charge in [0.25, 0.3) is 11.8 Å². The van der Waals surface area contributed by atoms with Crippen molar-refractivity contribution in [2.45, 2.75) is 6.92 Å². The summed E-state index contributed by atoms with van der Waals surface area (Å²) in [6, 6.07) is 4.94. The Morgan fingerprint density at radius 3 is 2.04 bits per heavy atom. The van der Waals surface area contributed by atoms with Gasteiger partial charge in [0.15, 0.2) is 0 Å². The normalized spacial score (nSPS) is 10.2. The zero-order chi connectivity index (χ0) is 21.0. The lowest BCUT2D eigenvalue weighted by atomic mass is 10.1. The number of anilines is 1. The van der Waals surface area contributed by atoms with E-state index in [4.69, 9.17) is 14.2 Å². The van der Waals surface area contributed by atoms with Gasteiger partial charge in [0.2, 0.25) is 0 Å². The third-order valence-electron chi connectivity index (χ3n) is 4.02. The lowest BCUT2D eigenvalue weighted by molar-refractivity contribution is 0.0601. The monoisotopic (exact) mass is 406 g/mol. The van der Waals surface area contributed by atoms with Gasteiger partial charge in [-0.2, -0.15) is 0 Å². The molecule has 1 aromatic heterocycles. The zero-order valence-corrected chi connectivity index (χ0v) is 17.4. The molecule has 0 saturated heterocycles. The molecule has 0 unspecified atom stereocenters. The first kappa shape index (κ1) is 21.2. The van der Waals surface area contributed by atoms with Crippen LogP contribution >= 0.6 is 11.3 Å². The number of carbonyl (C=O) groups excluding carboxylic acids is 3. The summed E-state index contributed by atoms with van der Waals surface area (Å²) in [4.78, 5) is 39.4. The molecule has 1 heterocycles. The van der Waals surface area contributed by atoms with Crippen LogP contribution in [0.5, 0.6) is 11.5 Å². The maximum Gasteiger partial charge on any atom is 0.341 e. The van der Waals surface area contributed by atoms with Crippen molar-refractivity contribution in [2.75, 3.05) is 40.7 Å². The Morgan fingerprint density at radius 2 is 1.57 bits per heavy atom. The van der Waals surface area contributed by atoms with Gasteiger partial charge in [-0.05, 0) is 24.6 Å². The Labute approximate surface area is 167 Å². The molecule has 150 valence electrons. The van der Waals surface area contributed by atoms with Gasteiger partial charge in [-0.3, -0.25) is 9.59 Å². The molecule has 1 N–H and O–H groups in total. The molecule has 28 heavy (non-hydrogen) atoms. The van der Waals surface area contributed by atoms with Crippen LogP contribution in [0.2, 0.25) is 0 Å². The van der Waals surface area contributed by atoms with Gasteiger partial charge in [0, 0.05) is 14.1 Å². The molecule has 1 aromatic carbocycles. The summed E-state index contributed by atoms with van der Waals surface area (Å²) in [5.41, 5.74) is 0.757. The molecular weight excluding hydrogens is 384 g/mol. The van der Waals surface area contributed by atoms with Gasteiger partial charge < -0.3 is 24.4 Å². The molecule has 0 radical (unpaired) electrons. The number of carbonyl (C=O) groups is 3. The van der Waals surface area contributed by atoms with E-state index in [1.54, 1.807) is 39.2 Å². The lowest BCUT2D eigenvalue weighted by Crippen LogP contribution is -2.21. The van der Waals surface area contributed by atoms with Crippen LogP contribution in [-0.4, -0.2) is 58.1 Å². The Hall–Kier alpha value is -3.07. The molecule has 9 heteroatoms. The van der Waals surface area contributed by atoms with Gasteiger partial charge >= 0.3 is 5.97 Å². The fourth-order valence-corrected chi connectivity index (χ4v) is 3.81. The van der Waals surface area contributed by atoms with Gasteiger partial charge in [-0.1, -0.05) is 6.07 Å². The van der Waals surface area contributed by atoms with Crippen LogP contribution in [0.1, 0.15) is 36.0 Å². The standard InChI is InChI=1S/C19H22N2O6S/c1-10-13(19(24)27-6)17(28-15(10)18(23)21(2)3)20-16(22)14-11(25-4)8-7-9-12(14)26-5/h7-9H,1-6H3,(H,20,22). The summed E-state index contributed by atoms with van der Waals surface area (Å²) in [7, 11) is 7.33. The van der Waals surface area contributed by atoms with Crippen molar-refractivity contribution in [3.63, 3.8) is 0 Å². The Bertz CT molecular complexity index is 897. The van der Waals surface area contributed by atoms with E-state index in [2.05, 4.69) is 5.32 Å². The molecule has 2 amide bonds. The first-order valence-electron chi connectivity index (χ1n) is 8.22. The molecule has 2 aromatic rings. The van der Waals surface area contributed by atoms with Crippen LogP contribution < -0.4 is 14.8 Å². The fraction of sp³-hybridized carbons (Fsp3) is 0.316. The highest BCUT2D eigenvalue weighted by Crippen LogP contribution is 2.36. The Balaban J connectivity index is 2.54. The number of benzene rings is 1. The molecular formula is C19H22N2O6S. The van der Waals surface area contributed by atoms with E-state index in [-0.39, 0.29) is 22.0 Å². The van der Waals surface area contributed by atoms with Crippen LogP contribution in [0.25, 0.3) is 0 Å². The quantitative estimate of drug-likeness (QED) is 0.742. The van der Waals surface area contributed by atoms with Crippen LogP contribution in [0, 0.1) is 6.92 Å². The third-order valence-corrected chi connectivity index (χ3v) is 5.21. The molecule has 0 aliphatic heterocycles. The maximum absolute atomic E-state index is 12.9. The van der Waals surface area contributed by atoms with E-state index >= 15 is 0 Å². The van der Waals surface area contributed by atoms with Crippen LogP contribution in [-0.2, 0) is 4.74 Å². The summed E-state index contributed by atoms with van der Waals surface area (Å²) >= 11 is 1.01. The van der Waals surface area contributed by atoms with Gasteiger partial charge in [0.05, 0.1) is 31.8 Å². The second-order valence-electron chi connectivity index (χ2n) is 5.94. The molecule has 8 nitrogen and oxygen atoms in total. The molecule has 0 fully saturated rings. The number of nitrogens with one attached hydrogen (secondary N) is 1. The number of amides is 2. The Morgan fingerprint density at radius 1 is 1.00 bits per heavy atom. The number of rotatable bonds is 6. The van der Waals surface area contributed by atoms with Crippen molar-refractivity contribution in [2.24, 2.45) is 0 Å². The van der Waals surface area contributed by atoms with E-state index in [0.29, 0.717) is 21.9 Å². The predicted octanol–water partition coefficient (Wildman–Crippen LogP) is 2.81. The highest BCUT2D eigenvalue weighted by molar-refractivity contribution is 7.18. The van der Waals surface area contributed by atoms with Crippen molar-refractivity contribution >= 4 is 34.1 Å². The molecule has 0 aliphatic rings. The van der Waals surface area contributed by atoms with E-state index in [1.807, 2.05) is 0 Å². The van der Waals surface area contributed by atoms with Crippen LogP contribution in [0.15, 0.2) is 18.2 Å². The second-order valence-corrected chi connectivity index (χ2v) is 6.96. The van der Waals surface area contributed by atoms with E-state index < -0.39 is 11.9 Å². The number of nitrogens with zero attached hydrogens (tertiary/aromatic N) is 1. The van der Waals surface area contributed by atoms with Crippen LogP contribution in [0.3, 0.4) is 0 Å². The largest absolute Gasteiger partial charge is 0.496 e. The topological polar surface area (TPSA) is 94.2 Å². The average Bonchev–Trinajstić information content (AvgIpc) is 3.01. The number of thiophene rings is 1. The minimum absolute atomic E-state index is 0.139. The van der Waals surface area contributed by atoms with E-state index in [1.165, 1.54) is 26.2 Å². The zero-order valence-electron chi connectivity index (χ0n) is 16.5. The lowest BCUT2D eigenvalue weighted by Gasteiger charge is -2.13. The van der Waals surface area contributed by atoms with Crippen molar-refractivity contribution in [1.29, 1.82) is 0 Å². The van der Waals surface area contributed by atoms with Crippen molar-refractivity contribution < 1.29 is 28.6 Å². The summed E-state index contributed by atoms with van der Waals surface area (Å²) in [6.45, 7) is 1.64. The number of hydrogen-bond acceptors (Lipinski definition) is 7. The summed E-state index contributed by atoms with van der Waals surface area (Å²) in [5.74, 6) is -0.829. The first-order valence-corrected chi connectivity index (χ1v) is 9.04. The van der Waals surface area contributed by atoms with Gasteiger partial charge in [0.1, 0.15) is 22.1 Å². The fourth-order valence-electron chi connectivity index (χ4n) is 2.60. The van der Waals surface area contributed by atoms with Crippen LogP contribution in [0.4, 0.5) is 5.00 Å². The van der Waals surface area contributed by atoms with E-state index in [0.717, 1.165) is 11.3 Å². The molecule has 0 bridgehead atoms. The van der Waals surface area contributed by atoms with Crippen molar-refractivity contribution in [3.8, 4) is 11.5 Å². The summed E-state index contributed by atoms with van der Waals surface area (Å²) in [5, 5.41) is 2.91. The molecule has 0 spiro atoms. The number of methoxy groups -OCH3 is 3.